The van der Waals surface area contributed by atoms with Crippen LogP contribution in [0.15, 0.2) is 24.3 Å². The molecule has 2 aliphatic heterocycles. The van der Waals surface area contributed by atoms with E-state index in [2.05, 4.69) is 5.32 Å². The van der Waals surface area contributed by atoms with Gasteiger partial charge in [-0.2, -0.15) is 5.10 Å². The first-order valence-electron chi connectivity index (χ1n) is 11.3. The molecular formula is C24H30FN3O4. The molecule has 0 unspecified atom stereocenters. The lowest BCUT2D eigenvalue weighted by Gasteiger charge is -2.36. The minimum absolute atomic E-state index is 0.0188. The van der Waals surface area contributed by atoms with Gasteiger partial charge in [-0.1, -0.05) is 19.9 Å². The number of carbonyl (C=O) groups excluding carboxylic acids is 2. The van der Waals surface area contributed by atoms with Crippen LogP contribution in [-0.4, -0.2) is 48.0 Å². The zero-order valence-corrected chi connectivity index (χ0v) is 18.7. The summed E-state index contributed by atoms with van der Waals surface area (Å²) in [5.74, 6) is -1.11. The minimum Gasteiger partial charge on any atom is -0.462 e. The molecule has 3 heterocycles. The van der Waals surface area contributed by atoms with Gasteiger partial charge < -0.3 is 14.8 Å². The highest BCUT2D eigenvalue weighted by atomic mass is 19.1. The molecular weight excluding hydrogens is 413 g/mol. The first-order chi connectivity index (χ1) is 15.4. The van der Waals surface area contributed by atoms with Gasteiger partial charge in [0.25, 0.3) is 5.91 Å². The molecule has 4 rings (SSSR count). The summed E-state index contributed by atoms with van der Waals surface area (Å²) in [5.41, 5.74) is 2.62. The van der Waals surface area contributed by atoms with E-state index in [0.29, 0.717) is 38.3 Å². The Morgan fingerprint density at radius 1 is 1.38 bits per heavy atom. The van der Waals surface area contributed by atoms with Crippen molar-refractivity contribution in [2.24, 2.45) is 11.3 Å². The van der Waals surface area contributed by atoms with Gasteiger partial charge in [-0.05, 0) is 49.3 Å². The zero-order chi connectivity index (χ0) is 22.7. The van der Waals surface area contributed by atoms with E-state index in [4.69, 9.17) is 14.6 Å². The lowest BCUT2D eigenvalue weighted by molar-refractivity contribution is 0.0151. The van der Waals surface area contributed by atoms with Crippen molar-refractivity contribution in [3.8, 4) is 0 Å². The lowest BCUT2D eigenvalue weighted by atomic mass is 9.76. The summed E-state index contributed by atoms with van der Waals surface area (Å²) in [7, 11) is 0. The monoisotopic (exact) mass is 443 g/mol. The molecule has 1 N–H and O–H groups in total. The summed E-state index contributed by atoms with van der Waals surface area (Å²) in [6.07, 6.45) is 3.25. The van der Waals surface area contributed by atoms with Gasteiger partial charge in [0.05, 0.1) is 29.1 Å². The van der Waals surface area contributed by atoms with Crippen LogP contribution in [0.3, 0.4) is 0 Å². The third-order valence-electron chi connectivity index (χ3n) is 6.46. The maximum atomic E-state index is 13.4. The van der Waals surface area contributed by atoms with Gasteiger partial charge in [0.2, 0.25) is 0 Å². The summed E-state index contributed by atoms with van der Waals surface area (Å²) >= 11 is 0. The largest absolute Gasteiger partial charge is 0.462 e. The first-order valence-corrected chi connectivity index (χ1v) is 11.3. The van der Waals surface area contributed by atoms with Crippen LogP contribution in [0, 0.1) is 17.2 Å². The molecule has 32 heavy (non-hydrogen) atoms. The maximum absolute atomic E-state index is 13.4. The molecule has 2 aromatic rings. The summed E-state index contributed by atoms with van der Waals surface area (Å²) in [6, 6.07) is 5.47. The molecule has 1 amide bonds. The number of hydrogen-bond donors (Lipinski definition) is 1. The average molecular weight is 444 g/mol. The highest BCUT2D eigenvalue weighted by Gasteiger charge is 2.39. The third-order valence-corrected chi connectivity index (χ3v) is 6.46. The molecule has 2 aliphatic rings. The molecule has 1 atom stereocenters. The lowest BCUT2D eigenvalue weighted by Crippen LogP contribution is -2.41. The van der Waals surface area contributed by atoms with Crippen molar-refractivity contribution >= 4 is 11.9 Å². The number of nitrogens with zero attached hydrogens (tertiary/aromatic N) is 2. The predicted octanol–water partition coefficient (Wildman–Crippen LogP) is 3.16. The van der Waals surface area contributed by atoms with Crippen LogP contribution in [0.2, 0.25) is 0 Å². The molecule has 0 radical (unpaired) electrons. The molecule has 8 heteroatoms. The SMILES string of the molecule is CCc1nn(C[C@H](C)COC(=O)c2cccc(F)c2)c2c1C(=O)NCC1(CCOCC1)C2. The second-order valence-electron chi connectivity index (χ2n) is 8.99. The van der Waals surface area contributed by atoms with Gasteiger partial charge in [0.1, 0.15) is 5.82 Å². The molecule has 0 aliphatic carbocycles. The number of ether oxygens (including phenoxy) is 2. The van der Waals surface area contributed by atoms with E-state index in [1.165, 1.54) is 24.3 Å². The van der Waals surface area contributed by atoms with E-state index in [9.17, 15) is 14.0 Å². The Morgan fingerprint density at radius 3 is 2.88 bits per heavy atom. The number of fused-ring (bicyclic) bond motifs is 1. The zero-order valence-electron chi connectivity index (χ0n) is 18.7. The van der Waals surface area contributed by atoms with Crippen molar-refractivity contribution in [2.45, 2.75) is 46.1 Å². The number of aryl methyl sites for hydroxylation is 1. The van der Waals surface area contributed by atoms with E-state index in [-0.39, 0.29) is 29.4 Å². The highest BCUT2D eigenvalue weighted by molar-refractivity contribution is 5.97. The molecule has 1 aromatic carbocycles. The third kappa shape index (κ3) is 4.70. The number of esters is 1. The molecule has 7 nitrogen and oxygen atoms in total. The standard InChI is InChI=1S/C24H30FN3O4/c1-3-19-21-20(12-24(15-26-22(21)29)7-9-31-10-8-24)28(27-19)13-16(2)14-32-23(30)17-5-4-6-18(25)11-17/h4-6,11,16H,3,7-10,12-15H2,1-2H3,(H,26,29)/t16-/m0/s1. The summed E-state index contributed by atoms with van der Waals surface area (Å²) in [5, 5.41) is 7.87. The van der Waals surface area contributed by atoms with Crippen LogP contribution < -0.4 is 5.32 Å². The van der Waals surface area contributed by atoms with Crippen LogP contribution in [-0.2, 0) is 28.9 Å². The van der Waals surface area contributed by atoms with Gasteiger partial charge in [-0.3, -0.25) is 9.48 Å². The van der Waals surface area contributed by atoms with Gasteiger partial charge in [0, 0.05) is 32.2 Å². The summed E-state index contributed by atoms with van der Waals surface area (Å²) in [6.45, 7) is 6.72. The number of rotatable bonds is 6. The quantitative estimate of drug-likeness (QED) is 0.694. The number of benzene rings is 1. The Kier molecular flexibility index (Phi) is 6.60. The fourth-order valence-electron chi connectivity index (χ4n) is 4.59. The Hall–Kier alpha value is -2.74. The topological polar surface area (TPSA) is 82.5 Å². The molecule has 172 valence electrons. The molecule has 1 aromatic heterocycles. The van der Waals surface area contributed by atoms with Gasteiger partial charge in [0.15, 0.2) is 0 Å². The van der Waals surface area contributed by atoms with Gasteiger partial charge in [-0.15, -0.1) is 0 Å². The van der Waals surface area contributed by atoms with E-state index in [1.807, 2.05) is 18.5 Å². The Bertz CT molecular complexity index is 997. The summed E-state index contributed by atoms with van der Waals surface area (Å²) < 4.78 is 26.3. The minimum atomic E-state index is -0.551. The Labute approximate surface area is 187 Å². The van der Waals surface area contributed by atoms with E-state index in [1.54, 1.807) is 0 Å². The number of nitrogens with one attached hydrogen (secondary N) is 1. The van der Waals surface area contributed by atoms with Gasteiger partial charge >= 0.3 is 5.97 Å². The van der Waals surface area contributed by atoms with E-state index < -0.39 is 11.8 Å². The first kappa shape index (κ1) is 22.5. The molecule has 0 bridgehead atoms. The fraction of sp³-hybridized carbons (Fsp3) is 0.542. The average Bonchev–Trinajstić information content (AvgIpc) is 3.06. The second kappa shape index (κ2) is 9.40. The van der Waals surface area contributed by atoms with Crippen LogP contribution >= 0.6 is 0 Å². The predicted molar refractivity (Wildman–Crippen MR) is 116 cm³/mol. The maximum Gasteiger partial charge on any atom is 0.338 e. The normalized spacial score (nSPS) is 18.5. The smallest absolute Gasteiger partial charge is 0.338 e. The second-order valence-corrected chi connectivity index (χ2v) is 8.99. The number of halogens is 1. The molecule has 1 saturated heterocycles. The van der Waals surface area contributed by atoms with E-state index >= 15 is 0 Å². The van der Waals surface area contributed by atoms with Crippen LogP contribution in [0.1, 0.15) is 58.8 Å². The van der Waals surface area contributed by atoms with Crippen molar-refractivity contribution in [2.75, 3.05) is 26.4 Å². The molecule has 0 saturated carbocycles. The Balaban J connectivity index is 1.50. The van der Waals surface area contributed by atoms with Crippen molar-refractivity contribution in [3.05, 3.63) is 52.6 Å². The van der Waals surface area contributed by atoms with E-state index in [0.717, 1.165) is 30.7 Å². The number of amides is 1. The van der Waals surface area contributed by atoms with Crippen LogP contribution in [0.25, 0.3) is 0 Å². The van der Waals surface area contributed by atoms with Crippen LogP contribution in [0.4, 0.5) is 4.39 Å². The van der Waals surface area contributed by atoms with Crippen molar-refractivity contribution in [1.82, 2.24) is 15.1 Å². The number of aromatic nitrogens is 2. The summed E-state index contributed by atoms with van der Waals surface area (Å²) in [4.78, 5) is 25.2. The van der Waals surface area contributed by atoms with Crippen molar-refractivity contribution < 1.29 is 23.5 Å². The molecule has 1 fully saturated rings. The Morgan fingerprint density at radius 2 is 2.16 bits per heavy atom. The highest BCUT2D eigenvalue weighted by Crippen LogP contribution is 2.37. The molecule has 1 spiro atoms. The number of carbonyl (C=O) groups is 2. The van der Waals surface area contributed by atoms with Crippen molar-refractivity contribution in [1.29, 1.82) is 0 Å². The van der Waals surface area contributed by atoms with Gasteiger partial charge in [-0.25, -0.2) is 9.18 Å². The fourth-order valence-corrected chi connectivity index (χ4v) is 4.59. The number of hydrogen-bond acceptors (Lipinski definition) is 5. The van der Waals surface area contributed by atoms with Crippen LogP contribution in [0.5, 0.6) is 0 Å². The van der Waals surface area contributed by atoms with Crippen molar-refractivity contribution in [3.63, 3.8) is 0 Å².